The Bertz CT molecular complexity index is 1230. The summed E-state index contributed by atoms with van der Waals surface area (Å²) in [6, 6.07) is -1.19. The standard InChI is InChI=1S/C59H111NO10/c1-3-5-7-9-11-13-15-17-19-21-23-24-25-26-27-28-29-31-32-34-36-38-40-42-44-46-51(62)54(64)50(49-69-59-57(67)56(66)55(65)53(48-61)70-59)60-58(68)52(63)47-45-43-41-39-37-35-33-30-22-20-18-16-14-12-10-8-6-4-2/h12,14,16,18,38,40,50-57,59,61-67H,3-11,13,15,17,19-37,39,41-49H2,1-2H3,(H,60,68)/b14-12-,18-16-,40-38+. The van der Waals surface area contributed by atoms with Gasteiger partial charge >= 0.3 is 0 Å². The number of hydrogen-bond donors (Lipinski definition) is 8. The number of aliphatic hydroxyl groups excluding tert-OH is 7. The molecule has 0 aliphatic carbocycles. The molecule has 1 rings (SSSR count). The minimum Gasteiger partial charge on any atom is -0.394 e. The summed E-state index contributed by atoms with van der Waals surface area (Å²) in [5, 5.41) is 76.1. The Kier molecular flexibility index (Phi) is 45.8. The van der Waals surface area contributed by atoms with Crippen molar-refractivity contribution in [3.63, 3.8) is 0 Å². The Morgan fingerprint density at radius 2 is 0.886 bits per heavy atom. The Labute approximate surface area is 428 Å². The Morgan fingerprint density at radius 3 is 1.34 bits per heavy atom. The summed E-state index contributed by atoms with van der Waals surface area (Å²) in [7, 11) is 0. The summed E-state index contributed by atoms with van der Waals surface area (Å²) in [6.07, 6.45) is 47.7. The number of nitrogens with one attached hydrogen (secondary N) is 1. The van der Waals surface area contributed by atoms with Gasteiger partial charge in [-0.05, 0) is 64.2 Å². The maximum Gasteiger partial charge on any atom is 0.249 e. The molecule has 0 aromatic carbocycles. The number of unbranched alkanes of at least 4 members (excludes halogenated alkanes) is 33. The second-order valence-corrected chi connectivity index (χ2v) is 20.7. The first-order valence-electron chi connectivity index (χ1n) is 29.4. The predicted octanol–water partition coefficient (Wildman–Crippen LogP) is 12.3. The van der Waals surface area contributed by atoms with Gasteiger partial charge in [0.25, 0.3) is 0 Å². The highest BCUT2D eigenvalue weighted by molar-refractivity contribution is 5.80. The number of carbonyl (C=O) groups excluding carboxylic acids is 1. The van der Waals surface area contributed by atoms with E-state index in [9.17, 15) is 40.5 Å². The van der Waals surface area contributed by atoms with Crippen LogP contribution < -0.4 is 5.32 Å². The first kappa shape index (κ1) is 66.3. The molecule has 1 aliphatic heterocycles. The number of allylic oxidation sites excluding steroid dienone is 6. The van der Waals surface area contributed by atoms with Gasteiger partial charge in [0.1, 0.15) is 36.6 Å². The Balaban J connectivity index is 2.32. The number of hydrogen-bond acceptors (Lipinski definition) is 10. The molecular formula is C59H111NO10. The molecule has 1 fully saturated rings. The zero-order valence-electron chi connectivity index (χ0n) is 45.0. The lowest BCUT2D eigenvalue weighted by Crippen LogP contribution is -2.60. The number of aliphatic hydroxyl groups is 7. The third-order valence-electron chi connectivity index (χ3n) is 14.2. The van der Waals surface area contributed by atoms with Crippen LogP contribution in [0.3, 0.4) is 0 Å². The van der Waals surface area contributed by atoms with Crippen LogP contribution in [-0.4, -0.2) is 110 Å². The van der Waals surface area contributed by atoms with Crippen LogP contribution in [0.2, 0.25) is 0 Å². The van der Waals surface area contributed by atoms with Gasteiger partial charge in [-0.3, -0.25) is 4.79 Å². The number of amides is 1. The molecule has 0 saturated carbocycles. The fourth-order valence-electron chi connectivity index (χ4n) is 9.38. The molecule has 11 nitrogen and oxygen atoms in total. The van der Waals surface area contributed by atoms with E-state index in [1.807, 2.05) is 0 Å². The van der Waals surface area contributed by atoms with Crippen LogP contribution in [0.4, 0.5) is 0 Å². The number of rotatable bonds is 50. The third kappa shape index (κ3) is 36.3. The molecule has 9 unspecified atom stereocenters. The maximum absolute atomic E-state index is 13.2. The van der Waals surface area contributed by atoms with Gasteiger partial charge in [-0.15, -0.1) is 0 Å². The molecule has 11 heteroatoms. The molecule has 412 valence electrons. The van der Waals surface area contributed by atoms with Crippen LogP contribution in [0.1, 0.15) is 264 Å². The van der Waals surface area contributed by atoms with Crippen molar-refractivity contribution in [3.05, 3.63) is 36.5 Å². The average Bonchev–Trinajstić information content (AvgIpc) is 3.36. The van der Waals surface area contributed by atoms with Crippen molar-refractivity contribution >= 4 is 5.91 Å². The van der Waals surface area contributed by atoms with Crippen molar-refractivity contribution in [1.29, 1.82) is 0 Å². The largest absolute Gasteiger partial charge is 0.394 e. The second-order valence-electron chi connectivity index (χ2n) is 20.7. The highest BCUT2D eigenvalue weighted by atomic mass is 16.7. The van der Waals surface area contributed by atoms with E-state index in [1.165, 1.54) is 180 Å². The molecule has 0 aromatic rings. The van der Waals surface area contributed by atoms with Crippen molar-refractivity contribution in [2.45, 2.75) is 319 Å². The fraction of sp³-hybridized carbons (Fsp3) is 0.881. The lowest BCUT2D eigenvalue weighted by Gasteiger charge is -2.40. The van der Waals surface area contributed by atoms with Crippen molar-refractivity contribution in [1.82, 2.24) is 5.32 Å². The van der Waals surface area contributed by atoms with E-state index in [2.05, 4.69) is 55.6 Å². The van der Waals surface area contributed by atoms with Crippen LogP contribution >= 0.6 is 0 Å². The van der Waals surface area contributed by atoms with Crippen LogP contribution in [-0.2, 0) is 14.3 Å². The molecule has 0 bridgehead atoms. The highest BCUT2D eigenvalue weighted by Gasteiger charge is 2.44. The summed E-state index contributed by atoms with van der Waals surface area (Å²) in [6.45, 7) is 3.43. The van der Waals surface area contributed by atoms with Crippen molar-refractivity contribution < 1.29 is 50.0 Å². The Hall–Kier alpha value is -1.67. The topological polar surface area (TPSA) is 189 Å². The molecule has 1 heterocycles. The fourth-order valence-corrected chi connectivity index (χ4v) is 9.38. The summed E-state index contributed by atoms with van der Waals surface area (Å²) in [4.78, 5) is 13.2. The summed E-state index contributed by atoms with van der Waals surface area (Å²) < 4.78 is 11.1. The SMILES string of the molecule is CCCCC/C=C\C=C/CCCCCCCCCCCC(O)C(=O)NC(COC1OC(CO)C(O)C(O)C1O)C(O)C(O)CCC/C=C/CCCCCCCCCCCCCCCCCCCCCC. The van der Waals surface area contributed by atoms with E-state index in [1.54, 1.807) is 0 Å². The quantitative estimate of drug-likeness (QED) is 0.0165. The van der Waals surface area contributed by atoms with E-state index in [-0.39, 0.29) is 12.8 Å². The van der Waals surface area contributed by atoms with Gasteiger partial charge in [0.2, 0.25) is 5.91 Å². The molecule has 9 atom stereocenters. The van der Waals surface area contributed by atoms with Gasteiger partial charge < -0.3 is 50.5 Å². The van der Waals surface area contributed by atoms with Gasteiger partial charge in [0, 0.05) is 0 Å². The zero-order valence-corrected chi connectivity index (χ0v) is 45.0. The van der Waals surface area contributed by atoms with Gasteiger partial charge in [0.05, 0.1) is 25.4 Å². The van der Waals surface area contributed by atoms with Crippen LogP contribution in [0.25, 0.3) is 0 Å². The molecule has 1 saturated heterocycles. The molecular weight excluding hydrogens is 883 g/mol. The van der Waals surface area contributed by atoms with Gasteiger partial charge in [-0.2, -0.15) is 0 Å². The third-order valence-corrected chi connectivity index (χ3v) is 14.2. The van der Waals surface area contributed by atoms with E-state index in [0.717, 1.165) is 44.9 Å². The van der Waals surface area contributed by atoms with E-state index in [4.69, 9.17) is 9.47 Å². The van der Waals surface area contributed by atoms with E-state index < -0.39 is 74.2 Å². The molecule has 70 heavy (non-hydrogen) atoms. The monoisotopic (exact) mass is 994 g/mol. The lowest BCUT2D eigenvalue weighted by molar-refractivity contribution is -0.303. The van der Waals surface area contributed by atoms with Gasteiger partial charge in [-0.1, -0.05) is 237 Å². The normalized spacial score (nSPS) is 20.5. The van der Waals surface area contributed by atoms with E-state index >= 15 is 0 Å². The van der Waals surface area contributed by atoms with Crippen LogP contribution in [0.5, 0.6) is 0 Å². The van der Waals surface area contributed by atoms with Crippen LogP contribution in [0.15, 0.2) is 36.5 Å². The first-order valence-corrected chi connectivity index (χ1v) is 29.4. The first-order chi connectivity index (χ1) is 34.2. The lowest BCUT2D eigenvalue weighted by atomic mass is 9.98. The molecule has 8 N–H and O–H groups in total. The molecule has 1 aliphatic rings. The van der Waals surface area contributed by atoms with Crippen LogP contribution in [0, 0.1) is 0 Å². The second kappa shape index (κ2) is 48.3. The highest BCUT2D eigenvalue weighted by Crippen LogP contribution is 2.23. The number of ether oxygens (including phenoxy) is 2. The maximum atomic E-state index is 13.2. The van der Waals surface area contributed by atoms with Crippen molar-refractivity contribution in [3.8, 4) is 0 Å². The van der Waals surface area contributed by atoms with Crippen molar-refractivity contribution in [2.75, 3.05) is 13.2 Å². The minimum atomic E-state index is -1.67. The average molecular weight is 995 g/mol. The van der Waals surface area contributed by atoms with Gasteiger partial charge in [0.15, 0.2) is 6.29 Å². The molecule has 1 amide bonds. The zero-order chi connectivity index (χ0) is 51.1. The minimum absolute atomic E-state index is 0.248. The summed E-state index contributed by atoms with van der Waals surface area (Å²) in [5.74, 6) is -0.709. The predicted molar refractivity (Wildman–Crippen MR) is 289 cm³/mol. The van der Waals surface area contributed by atoms with Gasteiger partial charge in [-0.25, -0.2) is 0 Å². The summed E-state index contributed by atoms with van der Waals surface area (Å²) in [5.41, 5.74) is 0. The van der Waals surface area contributed by atoms with Crippen molar-refractivity contribution in [2.24, 2.45) is 0 Å². The Morgan fingerprint density at radius 1 is 0.500 bits per heavy atom. The smallest absolute Gasteiger partial charge is 0.249 e. The molecule has 0 spiro atoms. The molecule has 0 radical (unpaired) electrons. The van der Waals surface area contributed by atoms with E-state index in [0.29, 0.717) is 12.8 Å². The molecule has 0 aromatic heterocycles. The summed E-state index contributed by atoms with van der Waals surface area (Å²) >= 11 is 0. The number of carbonyl (C=O) groups is 1.